The standard InChI is InChI=1S/C8H13NO4S/c1-2-3-6-14(12)13-9-7(10)4-5-8(9)11/h2-6H2,1H3. The van der Waals surface area contributed by atoms with Gasteiger partial charge in [-0.3, -0.25) is 9.59 Å². The minimum atomic E-state index is -1.57. The van der Waals surface area contributed by atoms with E-state index in [4.69, 9.17) is 4.28 Å². The molecule has 1 heterocycles. The van der Waals surface area contributed by atoms with Crippen LogP contribution in [0.25, 0.3) is 0 Å². The monoisotopic (exact) mass is 219 g/mol. The molecule has 1 aliphatic heterocycles. The molecule has 6 heteroatoms. The van der Waals surface area contributed by atoms with Crippen LogP contribution in [0.1, 0.15) is 32.6 Å². The zero-order valence-electron chi connectivity index (χ0n) is 8.02. The molecule has 2 amide bonds. The average molecular weight is 219 g/mol. The van der Waals surface area contributed by atoms with Gasteiger partial charge in [0.1, 0.15) is 0 Å². The molecule has 1 unspecified atom stereocenters. The van der Waals surface area contributed by atoms with E-state index in [-0.39, 0.29) is 12.8 Å². The molecule has 1 fully saturated rings. The van der Waals surface area contributed by atoms with Crippen LogP contribution in [0, 0.1) is 0 Å². The van der Waals surface area contributed by atoms with E-state index in [1.807, 2.05) is 6.92 Å². The normalized spacial score (nSPS) is 19.1. The van der Waals surface area contributed by atoms with Crippen LogP contribution in [0.15, 0.2) is 0 Å². The van der Waals surface area contributed by atoms with Crippen molar-refractivity contribution in [3.8, 4) is 0 Å². The van der Waals surface area contributed by atoms with Crippen molar-refractivity contribution < 1.29 is 18.1 Å². The van der Waals surface area contributed by atoms with Crippen LogP contribution in [-0.2, 0) is 25.0 Å². The predicted molar refractivity (Wildman–Crippen MR) is 50.1 cm³/mol. The number of rotatable bonds is 5. The van der Waals surface area contributed by atoms with Gasteiger partial charge in [-0.15, -0.1) is 5.06 Å². The van der Waals surface area contributed by atoms with Crippen molar-refractivity contribution in [2.24, 2.45) is 0 Å². The summed E-state index contributed by atoms with van der Waals surface area (Å²) in [5.74, 6) is -0.451. The van der Waals surface area contributed by atoms with Gasteiger partial charge >= 0.3 is 0 Å². The maximum absolute atomic E-state index is 11.2. The quantitative estimate of drug-likeness (QED) is 0.633. The molecule has 1 atom stereocenters. The highest BCUT2D eigenvalue weighted by Crippen LogP contribution is 2.13. The van der Waals surface area contributed by atoms with E-state index in [0.717, 1.165) is 12.8 Å². The van der Waals surface area contributed by atoms with Crippen LogP contribution < -0.4 is 0 Å². The van der Waals surface area contributed by atoms with Crippen LogP contribution in [0.5, 0.6) is 0 Å². The fourth-order valence-corrected chi connectivity index (χ4v) is 1.95. The lowest BCUT2D eigenvalue weighted by molar-refractivity contribution is -0.162. The Hall–Kier alpha value is -0.750. The largest absolute Gasteiger partial charge is 0.272 e. The van der Waals surface area contributed by atoms with Gasteiger partial charge < -0.3 is 0 Å². The molecule has 1 aliphatic rings. The maximum Gasteiger partial charge on any atom is 0.255 e. The zero-order valence-corrected chi connectivity index (χ0v) is 8.84. The number of unbranched alkanes of at least 4 members (excludes halogenated alkanes) is 1. The van der Waals surface area contributed by atoms with Crippen molar-refractivity contribution >= 4 is 22.9 Å². The van der Waals surface area contributed by atoms with Crippen LogP contribution >= 0.6 is 0 Å². The first-order valence-corrected chi connectivity index (χ1v) is 5.82. The average Bonchev–Trinajstić information content (AvgIpc) is 2.46. The van der Waals surface area contributed by atoms with Gasteiger partial charge in [0.2, 0.25) is 0 Å². The first-order valence-electron chi connectivity index (χ1n) is 4.57. The number of amides is 2. The highest BCUT2D eigenvalue weighted by atomic mass is 32.2. The third-order valence-corrected chi connectivity index (χ3v) is 2.77. The lowest BCUT2D eigenvalue weighted by Gasteiger charge is -2.10. The van der Waals surface area contributed by atoms with Crippen LogP contribution in [0.2, 0.25) is 0 Å². The SMILES string of the molecule is CCCCS(=O)ON1C(=O)CCC1=O. The van der Waals surface area contributed by atoms with E-state index in [1.165, 1.54) is 0 Å². The Bertz CT molecular complexity index is 250. The molecule has 0 aromatic rings. The van der Waals surface area contributed by atoms with E-state index in [0.29, 0.717) is 10.8 Å². The van der Waals surface area contributed by atoms with Crippen LogP contribution in [0.4, 0.5) is 0 Å². The molecule has 0 aromatic carbocycles. The van der Waals surface area contributed by atoms with Crippen molar-refractivity contribution in [3.05, 3.63) is 0 Å². The van der Waals surface area contributed by atoms with Gasteiger partial charge in [-0.2, -0.15) is 4.28 Å². The summed E-state index contributed by atoms with van der Waals surface area (Å²) >= 11 is -1.57. The second-order valence-electron chi connectivity index (χ2n) is 3.02. The van der Waals surface area contributed by atoms with Gasteiger partial charge in [-0.05, 0) is 6.42 Å². The molecular weight excluding hydrogens is 206 g/mol. The van der Waals surface area contributed by atoms with E-state index in [9.17, 15) is 13.8 Å². The van der Waals surface area contributed by atoms with E-state index >= 15 is 0 Å². The molecule has 1 rings (SSSR count). The number of hydrogen-bond acceptors (Lipinski definition) is 4. The first-order chi connectivity index (χ1) is 6.65. The molecule has 5 nitrogen and oxygen atoms in total. The molecule has 0 radical (unpaired) electrons. The smallest absolute Gasteiger partial charge is 0.255 e. The Labute approximate surface area is 85.0 Å². The van der Waals surface area contributed by atoms with Crippen LogP contribution in [-0.4, -0.2) is 26.8 Å². The van der Waals surface area contributed by atoms with Crippen LogP contribution in [0.3, 0.4) is 0 Å². The van der Waals surface area contributed by atoms with E-state index < -0.39 is 22.9 Å². The van der Waals surface area contributed by atoms with E-state index in [1.54, 1.807) is 0 Å². The summed E-state index contributed by atoms with van der Waals surface area (Å²) in [5, 5.41) is 0.631. The molecule has 0 saturated carbocycles. The molecule has 14 heavy (non-hydrogen) atoms. The van der Waals surface area contributed by atoms with Gasteiger partial charge in [-0.1, -0.05) is 13.3 Å². The molecule has 0 spiro atoms. The second kappa shape index (κ2) is 5.21. The fraction of sp³-hybridized carbons (Fsp3) is 0.750. The molecule has 80 valence electrons. The summed E-state index contributed by atoms with van der Waals surface area (Å²) in [6.07, 6.45) is 1.97. The molecule has 1 saturated heterocycles. The van der Waals surface area contributed by atoms with Crippen molar-refractivity contribution in [1.82, 2.24) is 5.06 Å². The topological polar surface area (TPSA) is 63.7 Å². The number of imide groups is 1. The zero-order chi connectivity index (χ0) is 10.6. The Balaban J connectivity index is 2.39. The molecule has 0 N–H and O–H groups in total. The molecule has 0 aromatic heterocycles. The number of nitrogens with zero attached hydrogens (tertiary/aromatic N) is 1. The summed E-state index contributed by atoms with van der Waals surface area (Å²) in [7, 11) is 0. The van der Waals surface area contributed by atoms with E-state index in [2.05, 4.69) is 0 Å². The highest BCUT2D eigenvalue weighted by molar-refractivity contribution is 7.80. The highest BCUT2D eigenvalue weighted by Gasteiger charge is 2.31. The Morgan fingerprint density at radius 3 is 2.43 bits per heavy atom. The number of carbonyl (C=O) groups is 2. The third-order valence-electron chi connectivity index (χ3n) is 1.83. The minimum Gasteiger partial charge on any atom is -0.272 e. The summed E-state index contributed by atoms with van der Waals surface area (Å²) < 4.78 is 15.9. The molecule has 0 aliphatic carbocycles. The fourth-order valence-electron chi connectivity index (χ4n) is 1.02. The van der Waals surface area contributed by atoms with Crippen molar-refractivity contribution in [1.29, 1.82) is 0 Å². The second-order valence-corrected chi connectivity index (χ2v) is 4.18. The van der Waals surface area contributed by atoms with Gasteiger partial charge in [0, 0.05) is 12.8 Å². The van der Waals surface area contributed by atoms with Crippen molar-refractivity contribution in [2.45, 2.75) is 32.6 Å². The van der Waals surface area contributed by atoms with Crippen molar-refractivity contribution in [3.63, 3.8) is 0 Å². The molecular formula is C8H13NO4S. The summed E-state index contributed by atoms with van der Waals surface area (Å²) in [6, 6.07) is 0. The Kier molecular flexibility index (Phi) is 4.21. The minimum absolute atomic E-state index is 0.157. The summed E-state index contributed by atoms with van der Waals surface area (Å²) in [5.41, 5.74) is 0. The summed E-state index contributed by atoms with van der Waals surface area (Å²) in [4.78, 5) is 22.1. The summed E-state index contributed by atoms with van der Waals surface area (Å²) in [6.45, 7) is 1.96. The lowest BCUT2D eigenvalue weighted by atomic mass is 10.4. The maximum atomic E-state index is 11.2. The molecule has 0 bridgehead atoms. The van der Waals surface area contributed by atoms with Crippen molar-refractivity contribution in [2.75, 3.05) is 5.75 Å². The van der Waals surface area contributed by atoms with Gasteiger partial charge in [0.15, 0.2) is 11.1 Å². The Morgan fingerprint density at radius 1 is 1.36 bits per heavy atom. The lowest BCUT2D eigenvalue weighted by Crippen LogP contribution is -2.30. The van der Waals surface area contributed by atoms with Gasteiger partial charge in [0.05, 0.1) is 5.75 Å². The number of hydrogen-bond donors (Lipinski definition) is 0. The van der Waals surface area contributed by atoms with Gasteiger partial charge in [0.25, 0.3) is 11.8 Å². The third kappa shape index (κ3) is 2.88. The Morgan fingerprint density at radius 2 is 1.93 bits per heavy atom. The number of carbonyl (C=O) groups excluding carboxylic acids is 2. The first kappa shape index (κ1) is 11.3. The van der Waals surface area contributed by atoms with Gasteiger partial charge in [-0.25, -0.2) is 4.21 Å². The predicted octanol–water partition coefficient (Wildman–Crippen LogP) is 0.531. The number of hydroxylamine groups is 2.